The molecule has 2 aliphatic heterocycles. The van der Waals surface area contributed by atoms with Gasteiger partial charge in [-0.05, 0) is 115 Å². The molecule has 5 rings (SSSR count). The van der Waals surface area contributed by atoms with Gasteiger partial charge in [0.1, 0.15) is 22.7 Å². The molecule has 0 saturated carbocycles. The normalized spacial score (nSPS) is 17.4. The summed E-state index contributed by atoms with van der Waals surface area (Å²) in [5.74, 6) is 1.49. The number of hydrogen-bond acceptors (Lipinski definition) is 6. The molecule has 6 nitrogen and oxygen atoms in total. The van der Waals surface area contributed by atoms with Crippen LogP contribution < -0.4 is 14.9 Å². The number of ether oxygens (including phenoxy) is 2. The van der Waals surface area contributed by atoms with Gasteiger partial charge in [-0.25, -0.2) is 0 Å². The number of fused-ring (bicyclic) bond motifs is 2. The molecule has 0 bridgehead atoms. The van der Waals surface area contributed by atoms with Crippen LogP contribution in [0.2, 0.25) is 0 Å². The second-order valence-corrected chi connectivity index (χ2v) is 10.7. The van der Waals surface area contributed by atoms with Crippen molar-refractivity contribution < 1.29 is 13.9 Å². The molecule has 3 aromatic rings. The van der Waals surface area contributed by atoms with Gasteiger partial charge in [-0.1, -0.05) is 12.8 Å². The number of piperidine rings is 2. The summed E-state index contributed by atoms with van der Waals surface area (Å²) in [5.41, 5.74) is 1.10. The zero-order valence-electron chi connectivity index (χ0n) is 22.2. The molecule has 3 heterocycles. The van der Waals surface area contributed by atoms with E-state index in [0.29, 0.717) is 35.2 Å². The average Bonchev–Trinajstić information content (AvgIpc) is 2.94. The van der Waals surface area contributed by atoms with Crippen molar-refractivity contribution >= 4 is 21.9 Å². The molecular formula is C31H42N2O4. The summed E-state index contributed by atoms with van der Waals surface area (Å²) >= 11 is 0. The Morgan fingerprint density at radius 2 is 1.08 bits per heavy atom. The van der Waals surface area contributed by atoms with Crippen molar-refractivity contribution in [2.24, 2.45) is 0 Å². The molecule has 0 aliphatic carbocycles. The van der Waals surface area contributed by atoms with Crippen LogP contribution in [-0.4, -0.2) is 62.3 Å². The molecular weight excluding hydrogens is 464 g/mol. The lowest BCUT2D eigenvalue weighted by Crippen LogP contribution is -2.30. The first kappa shape index (κ1) is 26.1. The minimum Gasteiger partial charge on any atom is -0.493 e. The highest BCUT2D eigenvalue weighted by atomic mass is 16.5. The third-order valence-electron chi connectivity index (χ3n) is 7.79. The first-order valence-corrected chi connectivity index (χ1v) is 14.5. The van der Waals surface area contributed by atoms with E-state index in [1.807, 2.05) is 36.4 Å². The molecule has 2 saturated heterocycles. The standard InChI is InChI=1S/C31H42N2O4/c34-31-27-13-11-25(35-21-9-7-19-32-15-3-1-4-16-32)23-29(27)37-30-24-26(12-14-28(30)31)36-22-10-8-20-33-17-5-2-6-18-33/h11-14,23-24H,1-10,15-22H2. The molecule has 0 unspecified atom stereocenters. The fourth-order valence-electron chi connectivity index (χ4n) is 5.61. The second-order valence-electron chi connectivity index (χ2n) is 10.7. The molecule has 200 valence electrons. The van der Waals surface area contributed by atoms with E-state index in [1.54, 1.807) is 0 Å². The molecule has 0 radical (unpaired) electrons. The molecule has 1 aromatic heterocycles. The Kier molecular flexibility index (Phi) is 9.36. The van der Waals surface area contributed by atoms with Gasteiger partial charge in [-0.15, -0.1) is 0 Å². The molecule has 2 aliphatic rings. The number of benzene rings is 2. The number of unbranched alkanes of at least 4 members (excludes halogenated alkanes) is 2. The third-order valence-corrected chi connectivity index (χ3v) is 7.79. The Morgan fingerprint density at radius 1 is 0.622 bits per heavy atom. The van der Waals surface area contributed by atoms with Gasteiger partial charge in [0.05, 0.1) is 24.0 Å². The Balaban J connectivity index is 1.14. The van der Waals surface area contributed by atoms with Crippen molar-refractivity contribution in [2.45, 2.75) is 64.2 Å². The van der Waals surface area contributed by atoms with E-state index in [2.05, 4.69) is 9.80 Å². The molecule has 2 fully saturated rings. The molecule has 0 amide bonds. The maximum Gasteiger partial charge on any atom is 0.200 e. The summed E-state index contributed by atoms with van der Waals surface area (Å²) in [7, 11) is 0. The molecule has 6 heteroatoms. The van der Waals surface area contributed by atoms with Crippen LogP contribution in [0.5, 0.6) is 11.5 Å². The largest absolute Gasteiger partial charge is 0.493 e. The number of nitrogens with zero attached hydrogens (tertiary/aromatic N) is 2. The zero-order chi connectivity index (χ0) is 25.3. The zero-order valence-corrected chi connectivity index (χ0v) is 22.2. The van der Waals surface area contributed by atoms with Crippen LogP contribution in [0.25, 0.3) is 21.9 Å². The van der Waals surface area contributed by atoms with Crippen molar-refractivity contribution in [2.75, 3.05) is 52.5 Å². The molecule has 2 aromatic carbocycles. The minimum atomic E-state index is -0.0163. The number of likely N-dealkylation sites (tertiary alicyclic amines) is 2. The van der Waals surface area contributed by atoms with E-state index in [4.69, 9.17) is 13.9 Å². The molecule has 0 N–H and O–H groups in total. The maximum atomic E-state index is 13.1. The van der Waals surface area contributed by atoms with Crippen LogP contribution in [0.3, 0.4) is 0 Å². The van der Waals surface area contributed by atoms with Gasteiger partial charge in [0.25, 0.3) is 0 Å². The molecule has 37 heavy (non-hydrogen) atoms. The van der Waals surface area contributed by atoms with Crippen molar-refractivity contribution in [3.05, 3.63) is 46.6 Å². The highest BCUT2D eigenvalue weighted by molar-refractivity contribution is 5.90. The topological polar surface area (TPSA) is 55.1 Å². The van der Waals surface area contributed by atoms with Gasteiger partial charge >= 0.3 is 0 Å². The quantitative estimate of drug-likeness (QED) is 0.214. The highest BCUT2D eigenvalue weighted by Gasteiger charge is 2.12. The number of rotatable bonds is 12. The lowest BCUT2D eigenvalue weighted by molar-refractivity contribution is 0.216. The number of hydrogen-bond donors (Lipinski definition) is 0. The van der Waals surface area contributed by atoms with E-state index in [0.717, 1.165) is 50.3 Å². The van der Waals surface area contributed by atoms with Gasteiger partial charge in [0.2, 0.25) is 5.43 Å². The lowest BCUT2D eigenvalue weighted by Gasteiger charge is -2.26. The van der Waals surface area contributed by atoms with Gasteiger partial charge in [0.15, 0.2) is 0 Å². The van der Waals surface area contributed by atoms with E-state index in [-0.39, 0.29) is 5.43 Å². The van der Waals surface area contributed by atoms with E-state index in [9.17, 15) is 4.79 Å². The summed E-state index contributed by atoms with van der Waals surface area (Å²) in [4.78, 5) is 18.2. The Labute approximate surface area is 220 Å². The fourth-order valence-corrected chi connectivity index (χ4v) is 5.61. The second kappa shape index (κ2) is 13.3. The summed E-state index contributed by atoms with van der Waals surface area (Å²) < 4.78 is 18.1. The van der Waals surface area contributed by atoms with Crippen LogP contribution in [-0.2, 0) is 0 Å². The molecule has 0 spiro atoms. The third kappa shape index (κ3) is 7.26. The van der Waals surface area contributed by atoms with Gasteiger partial charge in [-0.2, -0.15) is 0 Å². The summed E-state index contributed by atoms with van der Waals surface area (Å²) in [5, 5.41) is 1.16. The van der Waals surface area contributed by atoms with Crippen LogP contribution in [0.15, 0.2) is 45.6 Å². The fraction of sp³-hybridized carbons (Fsp3) is 0.581. The monoisotopic (exact) mass is 506 g/mol. The van der Waals surface area contributed by atoms with Crippen molar-refractivity contribution in [3.8, 4) is 11.5 Å². The van der Waals surface area contributed by atoms with Crippen molar-refractivity contribution in [1.29, 1.82) is 0 Å². The summed E-state index contributed by atoms with van der Waals surface area (Å²) in [6, 6.07) is 11.1. The van der Waals surface area contributed by atoms with Gasteiger partial charge < -0.3 is 23.7 Å². The molecule has 0 atom stereocenters. The summed E-state index contributed by atoms with van der Waals surface area (Å²) in [6.07, 6.45) is 12.4. The predicted octanol–water partition coefficient (Wildman–Crippen LogP) is 6.24. The first-order chi connectivity index (χ1) is 18.3. The van der Waals surface area contributed by atoms with E-state index < -0.39 is 0 Å². The Bertz CT molecular complexity index is 1110. The summed E-state index contributed by atoms with van der Waals surface area (Å²) in [6.45, 7) is 8.62. The van der Waals surface area contributed by atoms with Crippen molar-refractivity contribution in [3.63, 3.8) is 0 Å². The van der Waals surface area contributed by atoms with E-state index >= 15 is 0 Å². The highest BCUT2D eigenvalue weighted by Crippen LogP contribution is 2.26. The predicted molar refractivity (Wildman–Crippen MR) is 150 cm³/mol. The van der Waals surface area contributed by atoms with Crippen LogP contribution in [0.4, 0.5) is 0 Å². The average molecular weight is 507 g/mol. The van der Waals surface area contributed by atoms with Crippen LogP contribution >= 0.6 is 0 Å². The SMILES string of the molecule is O=c1c2ccc(OCCCCN3CCCCC3)cc2oc2cc(OCCCCN3CCCCC3)ccc12. The maximum absolute atomic E-state index is 13.1. The Morgan fingerprint density at radius 3 is 1.54 bits per heavy atom. The van der Waals surface area contributed by atoms with Crippen LogP contribution in [0.1, 0.15) is 64.2 Å². The van der Waals surface area contributed by atoms with Crippen molar-refractivity contribution in [1.82, 2.24) is 9.80 Å². The first-order valence-electron chi connectivity index (χ1n) is 14.5. The van der Waals surface area contributed by atoms with E-state index in [1.165, 1.54) is 64.7 Å². The lowest BCUT2D eigenvalue weighted by atomic mass is 10.1. The Hall–Kier alpha value is -2.57. The van der Waals surface area contributed by atoms with Gasteiger partial charge in [-0.3, -0.25) is 4.79 Å². The van der Waals surface area contributed by atoms with Crippen LogP contribution in [0, 0.1) is 0 Å². The smallest absolute Gasteiger partial charge is 0.200 e. The van der Waals surface area contributed by atoms with Gasteiger partial charge in [0, 0.05) is 12.1 Å². The minimum absolute atomic E-state index is 0.0163.